The number of ether oxygens (including phenoxy) is 1. The number of rotatable bonds is 4. The quantitative estimate of drug-likeness (QED) is 0.944. The SMILES string of the molecule is COCC(=O)N1Cc2ccc(C(N)c3ccccc3C)cc2C1. The van der Waals surface area contributed by atoms with Crippen molar-refractivity contribution in [3.8, 4) is 0 Å². The summed E-state index contributed by atoms with van der Waals surface area (Å²) in [6, 6.07) is 14.3. The molecule has 0 radical (unpaired) electrons. The number of fused-ring (bicyclic) bond motifs is 1. The van der Waals surface area contributed by atoms with Crippen molar-refractivity contribution in [1.29, 1.82) is 0 Å². The molecule has 1 amide bonds. The van der Waals surface area contributed by atoms with Gasteiger partial charge in [0.25, 0.3) is 0 Å². The van der Waals surface area contributed by atoms with E-state index in [-0.39, 0.29) is 18.6 Å². The lowest BCUT2D eigenvalue weighted by Crippen LogP contribution is -2.28. The molecule has 2 N–H and O–H groups in total. The molecule has 1 unspecified atom stereocenters. The van der Waals surface area contributed by atoms with E-state index >= 15 is 0 Å². The number of carbonyl (C=O) groups excluding carboxylic acids is 1. The molecular formula is C19H22N2O2. The fourth-order valence-electron chi connectivity index (χ4n) is 3.11. The number of hydrogen-bond acceptors (Lipinski definition) is 3. The fourth-order valence-corrected chi connectivity index (χ4v) is 3.11. The summed E-state index contributed by atoms with van der Waals surface area (Å²) in [5.74, 6) is 0.0217. The van der Waals surface area contributed by atoms with Crippen LogP contribution in [0.25, 0.3) is 0 Å². The predicted molar refractivity (Wildman–Crippen MR) is 89.8 cm³/mol. The highest BCUT2D eigenvalue weighted by atomic mass is 16.5. The first-order valence-electron chi connectivity index (χ1n) is 7.79. The van der Waals surface area contributed by atoms with E-state index in [1.165, 1.54) is 16.7 Å². The number of carbonyl (C=O) groups is 1. The van der Waals surface area contributed by atoms with E-state index in [1.807, 2.05) is 17.0 Å². The molecule has 0 aromatic heterocycles. The highest BCUT2D eigenvalue weighted by Gasteiger charge is 2.24. The number of nitrogens with two attached hydrogens (primary N) is 1. The lowest BCUT2D eigenvalue weighted by molar-refractivity contribution is -0.135. The number of benzene rings is 2. The number of methoxy groups -OCH3 is 1. The van der Waals surface area contributed by atoms with Crippen LogP contribution in [-0.2, 0) is 22.6 Å². The van der Waals surface area contributed by atoms with Gasteiger partial charge in [-0.15, -0.1) is 0 Å². The molecule has 0 saturated carbocycles. The van der Waals surface area contributed by atoms with Gasteiger partial charge in [-0.05, 0) is 34.7 Å². The average molecular weight is 310 g/mol. The predicted octanol–water partition coefficient (Wildman–Crippen LogP) is 2.53. The summed E-state index contributed by atoms with van der Waals surface area (Å²) in [4.78, 5) is 13.8. The topological polar surface area (TPSA) is 55.6 Å². The number of hydrogen-bond donors (Lipinski definition) is 1. The Labute approximate surface area is 136 Å². The molecule has 4 nitrogen and oxygen atoms in total. The molecule has 0 saturated heterocycles. The molecule has 120 valence electrons. The lowest BCUT2D eigenvalue weighted by Gasteiger charge is -2.16. The van der Waals surface area contributed by atoms with Crippen molar-refractivity contribution >= 4 is 5.91 Å². The van der Waals surface area contributed by atoms with Gasteiger partial charge in [-0.25, -0.2) is 0 Å². The van der Waals surface area contributed by atoms with Gasteiger partial charge in [-0.1, -0.05) is 42.5 Å². The Kier molecular flexibility index (Phi) is 4.46. The number of amides is 1. The third-order valence-electron chi connectivity index (χ3n) is 4.46. The van der Waals surface area contributed by atoms with Gasteiger partial charge < -0.3 is 15.4 Å². The van der Waals surface area contributed by atoms with Crippen LogP contribution in [0, 0.1) is 6.92 Å². The van der Waals surface area contributed by atoms with Gasteiger partial charge in [0.05, 0.1) is 6.04 Å². The van der Waals surface area contributed by atoms with Gasteiger partial charge >= 0.3 is 0 Å². The fraction of sp³-hybridized carbons (Fsp3) is 0.316. The Hall–Kier alpha value is -2.17. The molecule has 0 spiro atoms. The molecular weight excluding hydrogens is 288 g/mol. The van der Waals surface area contributed by atoms with Crippen LogP contribution in [0.5, 0.6) is 0 Å². The van der Waals surface area contributed by atoms with Crippen LogP contribution in [-0.4, -0.2) is 24.5 Å². The van der Waals surface area contributed by atoms with Gasteiger partial charge in [-0.2, -0.15) is 0 Å². The van der Waals surface area contributed by atoms with Gasteiger partial charge in [0.15, 0.2) is 0 Å². The second kappa shape index (κ2) is 6.52. The third-order valence-corrected chi connectivity index (χ3v) is 4.46. The normalized spacial score (nSPS) is 14.7. The molecule has 1 heterocycles. The van der Waals surface area contributed by atoms with Crippen molar-refractivity contribution in [3.05, 3.63) is 70.3 Å². The first-order chi connectivity index (χ1) is 11.1. The van der Waals surface area contributed by atoms with Crippen molar-refractivity contribution in [2.45, 2.75) is 26.1 Å². The summed E-state index contributed by atoms with van der Waals surface area (Å²) in [7, 11) is 1.54. The largest absolute Gasteiger partial charge is 0.375 e. The first kappa shape index (κ1) is 15.7. The maximum atomic E-state index is 12.0. The van der Waals surface area contributed by atoms with E-state index in [4.69, 9.17) is 10.5 Å². The molecule has 2 aromatic carbocycles. The number of aryl methyl sites for hydroxylation is 1. The molecule has 0 fully saturated rings. The standard InChI is InChI=1S/C19H22N2O2/c1-13-5-3-4-6-17(13)19(20)14-7-8-15-10-21(11-16(15)9-14)18(22)12-23-2/h3-9,19H,10-12,20H2,1-2H3. The monoisotopic (exact) mass is 310 g/mol. The van der Waals surface area contributed by atoms with Crippen molar-refractivity contribution in [2.75, 3.05) is 13.7 Å². The zero-order valence-electron chi connectivity index (χ0n) is 13.6. The zero-order chi connectivity index (χ0) is 16.4. The highest BCUT2D eigenvalue weighted by molar-refractivity contribution is 5.78. The smallest absolute Gasteiger partial charge is 0.249 e. The number of nitrogens with zero attached hydrogens (tertiary/aromatic N) is 1. The molecule has 1 aliphatic rings. The van der Waals surface area contributed by atoms with Crippen molar-refractivity contribution < 1.29 is 9.53 Å². The molecule has 0 aliphatic carbocycles. The summed E-state index contributed by atoms with van der Waals surface area (Å²) < 4.78 is 4.94. The molecule has 23 heavy (non-hydrogen) atoms. The highest BCUT2D eigenvalue weighted by Crippen LogP contribution is 2.28. The van der Waals surface area contributed by atoms with E-state index in [0.29, 0.717) is 13.1 Å². The third kappa shape index (κ3) is 3.14. The van der Waals surface area contributed by atoms with Crippen LogP contribution in [0.1, 0.15) is 33.9 Å². The van der Waals surface area contributed by atoms with E-state index < -0.39 is 0 Å². The maximum absolute atomic E-state index is 12.0. The van der Waals surface area contributed by atoms with Crippen molar-refractivity contribution in [3.63, 3.8) is 0 Å². The minimum atomic E-state index is -0.148. The maximum Gasteiger partial charge on any atom is 0.249 e. The summed E-state index contributed by atoms with van der Waals surface area (Å²) in [5.41, 5.74) is 12.2. The molecule has 2 aromatic rings. The van der Waals surface area contributed by atoms with Gasteiger partial charge in [0, 0.05) is 20.2 Å². The Morgan fingerprint density at radius 2 is 1.96 bits per heavy atom. The average Bonchev–Trinajstić information content (AvgIpc) is 2.98. The van der Waals surface area contributed by atoms with Gasteiger partial charge in [-0.3, -0.25) is 4.79 Å². The van der Waals surface area contributed by atoms with E-state index in [1.54, 1.807) is 7.11 Å². The van der Waals surface area contributed by atoms with E-state index in [9.17, 15) is 4.79 Å². The van der Waals surface area contributed by atoms with Crippen molar-refractivity contribution in [2.24, 2.45) is 5.73 Å². The van der Waals surface area contributed by atoms with Crippen LogP contribution in [0.15, 0.2) is 42.5 Å². The van der Waals surface area contributed by atoms with E-state index in [2.05, 4.69) is 37.3 Å². The summed E-state index contributed by atoms with van der Waals surface area (Å²) in [5, 5.41) is 0. The Bertz CT molecular complexity index is 727. The van der Waals surface area contributed by atoms with Gasteiger partial charge in [0.2, 0.25) is 5.91 Å². The molecule has 3 rings (SSSR count). The van der Waals surface area contributed by atoms with E-state index in [0.717, 1.165) is 11.1 Å². The van der Waals surface area contributed by atoms with Crippen LogP contribution >= 0.6 is 0 Å². The van der Waals surface area contributed by atoms with Crippen LogP contribution in [0.3, 0.4) is 0 Å². The minimum Gasteiger partial charge on any atom is -0.375 e. The van der Waals surface area contributed by atoms with Crippen LogP contribution in [0.4, 0.5) is 0 Å². The Morgan fingerprint density at radius 3 is 2.70 bits per heavy atom. The van der Waals surface area contributed by atoms with Crippen molar-refractivity contribution in [1.82, 2.24) is 4.90 Å². The summed E-state index contributed by atoms with van der Waals surface area (Å²) in [6.45, 7) is 3.49. The van der Waals surface area contributed by atoms with Crippen LogP contribution in [0.2, 0.25) is 0 Å². The van der Waals surface area contributed by atoms with Gasteiger partial charge in [0.1, 0.15) is 6.61 Å². The van der Waals surface area contributed by atoms with Crippen LogP contribution < -0.4 is 5.73 Å². The summed E-state index contributed by atoms with van der Waals surface area (Å²) in [6.07, 6.45) is 0. The lowest BCUT2D eigenvalue weighted by atomic mass is 9.94. The molecule has 0 bridgehead atoms. The molecule has 4 heteroatoms. The second-order valence-electron chi connectivity index (χ2n) is 6.05. The summed E-state index contributed by atoms with van der Waals surface area (Å²) >= 11 is 0. The molecule has 1 aliphatic heterocycles. The zero-order valence-corrected chi connectivity index (χ0v) is 13.6. The second-order valence-corrected chi connectivity index (χ2v) is 6.05. The Morgan fingerprint density at radius 1 is 1.22 bits per heavy atom. The minimum absolute atomic E-state index is 0.0217. The molecule has 1 atom stereocenters. The Balaban J connectivity index is 1.82. The first-order valence-corrected chi connectivity index (χ1v) is 7.79.